The SMILES string of the molecule is Cc1cc(OCc2c(F)cccc2F)c2nc(C)c(C(=O)NC3CC(C#N)CN(C(=O)OCC4c5ccccc5-c5ccccc54)C3)n2c1.O=C(O)C(F)(F)F. The number of aliphatic carboxylic acids is 1. The lowest BCUT2D eigenvalue weighted by Crippen LogP contribution is -2.52. The van der Waals surface area contributed by atoms with E-state index in [9.17, 15) is 36.8 Å². The molecule has 0 radical (unpaired) electrons. The summed E-state index contributed by atoms with van der Waals surface area (Å²) in [5.41, 5.74) is 5.92. The molecular formula is C40H34F5N5O6. The maximum Gasteiger partial charge on any atom is 0.490 e. The predicted octanol–water partition coefficient (Wildman–Crippen LogP) is 7.33. The third kappa shape index (κ3) is 8.26. The van der Waals surface area contributed by atoms with Crippen LogP contribution in [0.5, 0.6) is 5.75 Å². The molecule has 2 aliphatic rings. The van der Waals surface area contributed by atoms with Crippen LogP contribution in [0.2, 0.25) is 0 Å². The Kier molecular flexibility index (Phi) is 11.3. The minimum Gasteiger partial charge on any atom is -0.485 e. The lowest BCUT2D eigenvalue weighted by atomic mass is 9.95. The number of ether oxygens (including phenoxy) is 2. The zero-order chi connectivity index (χ0) is 40.3. The van der Waals surface area contributed by atoms with Crippen LogP contribution in [0.25, 0.3) is 16.8 Å². The number of benzene rings is 3. The Bertz CT molecular complexity index is 2290. The number of carbonyl (C=O) groups excluding carboxylic acids is 2. The molecule has 16 heteroatoms. The van der Waals surface area contributed by atoms with Crippen LogP contribution in [0.4, 0.5) is 26.7 Å². The molecule has 0 bridgehead atoms. The molecule has 290 valence electrons. The van der Waals surface area contributed by atoms with Crippen molar-refractivity contribution in [3.63, 3.8) is 0 Å². The van der Waals surface area contributed by atoms with Crippen LogP contribution >= 0.6 is 0 Å². The van der Waals surface area contributed by atoms with Gasteiger partial charge in [0.25, 0.3) is 5.91 Å². The van der Waals surface area contributed by atoms with E-state index in [1.54, 1.807) is 30.5 Å². The average molecular weight is 776 g/mol. The number of aryl methyl sites for hydroxylation is 2. The van der Waals surface area contributed by atoms with Crippen molar-refractivity contribution in [1.29, 1.82) is 5.26 Å². The summed E-state index contributed by atoms with van der Waals surface area (Å²) in [4.78, 5) is 42.1. The number of hydrogen-bond donors (Lipinski definition) is 2. The first-order chi connectivity index (χ1) is 26.7. The van der Waals surface area contributed by atoms with Crippen molar-refractivity contribution in [3.8, 4) is 22.9 Å². The Morgan fingerprint density at radius 1 is 0.964 bits per heavy atom. The van der Waals surface area contributed by atoms with Gasteiger partial charge in [-0.1, -0.05) is 54.6 Å². The number of nitrogens with zero attached hydrogens (tertiary/aromatic N) is 4. The molecule has 3 aromatic carbocycles. The standard InChI is InChI=1S/C38H33F2N5O4.C2HF3O2/c1-22-14-34(48-21-31-32(39)12-7-13-33(31)40)36-42-23(2)35(45(36)17-22)37(46)43-25-15-24(16-41)18-44(19-25)38(47)49-20-30-28-10-5-3-8-26(28)27-9-4-6-11-29(27)30;3-2(4,5)1(6)7/h3-14,17,24-25,30H,15,18-21H2,1-2H3,(H,43,46);(H,6,7). The Morgan fingerprint density at radius 3 is 2.16 bits per heavy atom. The van der Waals surface area contributed by atoms with Crippen molar-refractivity contribution in [2.24, 2.45) is 5.92 Å². The van der Waals surface area contributed by atoms with E-state index in [4.69, 9.17) is 19.4 Å². The van der Waals surface area contributed by atoms with Gasteiger partial charge in [-0.15, -0.1) is 0 Å². The number of alkyl halides is 3. The van der Waals surface area contributed by atoms with Gasteiger partial charge in [0.2, 0.25) is 0 Å². The summed E-state index contributed by atoms with van der Waals surface area (Å²) in [5, 5.41) is 20.0. The number of aromatic nitrogens is 2. The fourth-order valence-corrected chi connectivity index (χ4v) is 6.94. The number of likely N-dealkylation sites (tertiary alicyclic amines) is 1. The van der Waals surface area contributed by atoms with Gasteiger partial charge >= 0.3 is 18.2 Å². The van der Waals surface area contributed by atoms with Crippen molar-refractivity contribution in [3.05, 3.63) is 124 Å². The van der Waals surface area contributed by atoms with E-state index in [0.29, 0.717) is 17.8 Å². The molecule has 0 spiro atoms. The van der Waals surface area contributed by atoms with Crippen molar-refractivity contribution in [1.82, 2.24) is 19.6 Å². The Hall–Kier alpha value is -6.50. The third-order valence-electron chi connectivity index (χ3n) is 9.45. The molecule has 2 amide bonds. The zero-order valence-electron chi connectivity index (χ0n) is 29.9. The second-order valence-corrected chi connectivity index (χ2v) is 13.4. The van der Waals surface area contributed by atoms with Crippen LogP contribution < -0.4 is 10.1 Å². The summed E-state index contributed by atoms with van der Waals surface area (Å²) in [7, 11) is 0. The molecule has 2 unspecified atom stereocenters. The fourth-order valence-electron chi connectivity index (χ4n) is 6.94. The second kappa shape index (κ2) is 16.1. The number of halogens is 5. The number of carboxylic acids is 1. The van der Waals surface area contributed by atoms with Crippen molar-refractivity contribution in [2.45, 2.75) is 45.0 Å². The summed E-state index contributed by atoms with van der Waals surface area (Å²) >= 11 is 0. The summed E-state index contributed by atoms with van der Waals surface area (Å²) in [6.07, 6.45) is -3.55. The number of piperidine rings is 1. The second-order valence-electron chi connectivity index (χ2n) is 13.4. The number of hydrogen-bond acceptors (Lipinski definition) is 7. The highest BCUT2D eigenvalue weighted by molar-refractivity contribution is 5.95. The van der Waals surface area contributed by atoms with Crippen LogP contribution in [0.3, 0.4) is 0 Å². The molecule has 1 aliphatic heterocycles. The number of nitriles is 1. The van der Waals surface area contributed by atoms with Gasteiger partial charge in [-0.05, 0) is 66.3 Å². The first-order valence-corrected chi connectivity index (χ1v) is 17.3. The number of carboxylic acid groups (broad SMARTS) is 1. The number of amides is 2. The van der Waals surface area contributed by atoms with Gasteiger partial charge in [-0.25, -0.2) is 23.4 Å². The number of pyridine rings is 1. The van der Waals surface area contributed by atoms with Gasteiger partial charge in [0.1, 0.15) is 30.5 Å². The largest absolute Gasteiger partial charge is 0.490 e. The maximum atomic E-state index is 14.2. The third-order valence-corrected chi connectivity index (χ3v) is 9.45. The maximum absolute atomic E-state index is 14.2. The van der Waals surface area contributed by atoms with Gasteiger partial charge < -0.3 is 24.8 Å². The van der Waals surface area contributed by atoms with Crippen molar-refractivity contribution >= 4 is 23.6 Å². The average Bonchev–Trinajstić information content (AvgIpc) is 3.67. The first kappa shape index (κ1) is 39.2. The van der Waals surface area contributed by atoms with E-state index in [1.807, 2.05) is 36.4 Å². The van der Waals surface area contributed by atoms with Crippen molar-refractivity contribution in [2.75, 3.05) is 19.7 Å². The highest BCUT2D eigenvalue weighted by Crippen LogP contribution is 2.44. The van der Waals surface area contributed by atoms with Gasteiger partial charge in [0, 0.05) is 31.2 Å². The normalized spacial score (nSPS) is 16.2. The number of carbonyl (C=O) groups is 3. The lowest BCUT2D eigenvalue weighted by Gasteiger charge is -2.35. The Labute approximate surface area is 316 Å². The van der Waals surface area contributed by atoms with E-state index < -0.39 is 47.7 Å². The Morgan fingerprint density at radius 2 is 1.57 bits per heavy atom. The fraction of sp³-hybridized carbons (Fsp3) is 0.275. The summed E-state index contributed by atoms with van der Waals surface area (Å²) in [6.45, 7) is 3.62. The van der Waals surface area contributed by atoms with Crippen LogP contribution in [-0.4, -0.2) is 69.3 Å². The molecule has 11 nitrogen and oxygen atoms in total. The van der Waals surface area contributed by atoms with Crippen molar-refractivity contribution < 1.29 is 50.9 Å². The molecule has 3 heterocycles. The van der Waals surface area contributed by atoms with Gasteiger partial charge in [-0.2, -0.15) is 18.4 Å². The molecule has 5 aromatic rings. The van der Waals surface area contributed by atoms with E-state index >= 15 is 0 Å². The summed E-state index contributed by atoms with van der Waals surface area (Å²) in [6, 6.07) is 23.2. The molecule has 1 fully saturated rings. The predicted molar refractivity (Wildman–Crippen MR) is 191 cm³/mol. The van der Waals surface area contributed by atoms with Gasteiger partial charge in [0.05, 0.1) is 23.2 Å². The molecule has 2 atom stereocenters. The minimum absolute atomic E-state index is 0.107. The van der Waals surface area contributed by atoms with Gasteiger partial charge in [0.15, 0.2) is 11.4 Å². The molecule has 2 N–H and O–H groups in total. The molecule has 1 saturated heterocycles. The summed E-state index contributed by atoms with van der Waals surface area (Å²) < 4.78 is 73.5. The van der Waals surface area contributed by atoms with Crippen LogP contribution in [-0.2, 0) is 16.1 Å². The van der Waals surface area contributed by atoms with E-state index in [0.717, 1.165) is 39.9 Å². The van der Waals surface area contributed by atoms with E-state index in [-0.39, 0.29) is 49.2 Å². The zero-order valence-corrected chi connectivity index (χ0v) is 29.9. The molecule has 7 rings (SSSR count). The first-order valence-electron chi connectivity index (χ1n) is 17.3. The molecule has 2 aromatic heterocycles. The molecule has 0 saturated carbocycles. The number of imidazole rings is 1. The number of nitrogens with one attached hydrogen (secondary N) is 1. The van der Waals surface area contributed by atoms with Crippen LogP contribution in [0.1, 0.15) is 50.8 Å². The van der Waals surface area contributed by atoms with E-state index in [1.165, 1.54) is 11.0 Å². The van der Waals surface area contributed by atoms with Gasteiger partial charge in [-0.3, -0.25) is 9.20 Å². The highest BCUT2D eigenvalue weighted by Gasteiger charge is 2.38. The topological polar surface area (TPSA) is 146 Å². The quantitative estimate of drug-likeness (QED) is 0.164. The Balaban J connectivity index is 0.000000695. The molecule has 1 aliphatic carbocycles. The summed E-state index contributed by atoms with van der Waals surface area (Å²) in [5.74, 6) is -5.01. The van der Waals surface area contributed by atoms with Crippen LogP contribution in [0.15, 0.2) is 79.0 Å². The highest BCUT2D eigenvalue weighted by atomic mass is 19.4. The molecule has 56 heavy (non-hydrogen) atoms. The number of fused-ring (bicyclic) bond motifs is 4. The number of rotatable bonds is 7. The lowest BCUT2D eigenvalue weighted by molar-refractivity contribution is -0.192. The minimum atomic E-state index is -5.08. The van der Waals surface area contributed by atoms with E-state index in [2.05, 4.69) is 28.5 Å². The smallest absolute Gasteiger partial charge is 0.485 e. The molecular weight excluding hydrogens is 741 g/mol. The monoisotopic (exact) mass is 775 g/mol. The van der Waals surface area contributed by atoms with Crippen LogP contribution in [0, 0.1) is 42.7 Å².